The molecule has 0 atom stereocenters. The van der Waals surface area contributed by atoms with E-state index in [2.05, 4.69) is 4.90 Å². The van der Waals surface area contributed by atoms with Crippen LogP contribution in [0, 0.1) is 0 Å². The first-order valence-electron chi connectivity index (χ1n) is 10.2. The zero-order valence-electron chi connectivity index (χ0n) is 17.2. The molecule has 160 valence electrons. The van der Waals surface area contributed by atoms with Crippen molar-refractivity contribution in [3.05, 3.63) is 54.1 Å². The number of ether oxygens (including phenoxy) is 1. The second-order valence-electron chi connectivity index (χ2n) is 7.71. The minimum absolute atomic E-state index is 0.152. The Morgan fingerprint density at radius 1 is 0.967 bits per heavy atom. The normalized spacial score (nSPS) is 18.1. The lowest BCUT2D eigenvalue weighted by atomic mass is 10.1. The number of sulfonamides is 1. The van der Waals surface area contributed by atoms with Gasteiger partial charge in [-0.3, -0.25) is 4.79 Å². The van der Waals surface area contributed by atoms with Gasteiger partial charge in [0.25, 0.3) is 0 Å². The maximum atomic E-state index is 12.2. The summed E-state index contributed by atoms with van der Waals surface area (Å²) in [7, 11) is -3.17. The van der Waals surface area contributed by atoms with Crippen LogP contribution in [-0.4, -0.2) is 57.6 Å². The van der Waals surface area contributed by atoms with Crippen LogP contribution in [0.5, 0.6) is 5.75 Å². The third kappa shape index (κ3) is 4.60. The Balaban J connectivity index is 1.57. The van der Waals surface area contributed by atoms with Gasteiger partial charge in [-0.15, -0.1) is 0 Å². The summed E-state index contributed by atoms with van der Waals surface area (Å²) in [5.41, 5.74) is 2.90. The maximum Gasteiger partial charge on any atom is 0.227 e. The Morgan fingerprint density at radius 2 is 1.70 bits per heavy atom. The highest BCUT2D eigenvalue weighted by molar-refractivity contribution is 7.88. The van der Waals surface area contributed by atoms with E-state index in [0.29, 0.717) is 39.2 Å². The molecule has 0 unspecified atom stereocenters. The van der Waals surface area contributed by atoms with Crippen LogP contribution < -0.4 is 14.5 Å². The second kappa shape index (κ2) is 8.65. The summed E-state index contributed by atoms with van der Waals surface area (Å²) < 4.78 is 31.2. The van der Waals surface area contributed by atoms with Crippen LogP contribution in [0.2, 0.25) is 0 Å². The number of rotatable bonds is 6. The fourth-order valence-corrected chi connectivity index (χ4v) is 4.85. The summed E-state index contributed by atoms with van der Waals surface area (Å²) in [6.45, 7) is 3.28. The smallest absolute Gasteiger partial charge is 0.227 e. The molecule has 1 amide bonds. The van der Waals surface area contributed by atoms with Gasteiger partial charge in [0.1, 0.15) is 12.4 Å². The first-order valence-corrected chi connectivity index (χ1v) is 12.1. The molecule has 2 fully saturated rings. The second-order valence-corrected chi connectivity index (χ2v) is 9.70. The lowest BCUT2D eigenvalue weighted by Crippen LogP contribution is -2.48. The van der Waals surface area contributed by atoms with Crippen molar-refractivity contribution >= 4 is 27.3 Å². The van der Waals surface area contributed by atoms with Gasteiger partial charge >= 0.3 is 0 Å². The topological polar surface area (TPSA) is 70.2 Å². The molecule has 8 heteroatoms. The fraction of sp³-hybridized carbons (Fsp3) is 0.409. The minimum atomic E-state index is -3.17. The van der Waals surface area contributed by atoms with Crippen LogP contribution in [0.4, 0.5) is 11.4 Å². The molecule has 2 heterocycles. The van der Waals surface area contributed by atoms with Crippen molar-refractivity contribution in [2.45, 2.75) is 19.4 Å². The van der Waals surface area contributed by atoms with E-state index in [-0.39, 0.29) is 5.91 Å². The van der Waals surface area contributed by atoms with Crippen LogP contribution in [-0.2, 0) is 21.4 Å². The molecule has 0 bridgehead atoms. The molecule has 30 heavy (non-hydrogen) atoms. The molecule has 0 aromatic heterocycles. The lowest BCUT2D eigenvalue weighted by molar-refractivity contribution is -0.117. The average Bonchev–Trinajstić information content (AvgIpc) is 3.18. The maximum absolute atomic E-state index is 12.2. The molecule has 0 spiro atoms. The predicted octanol–water partition coefficient (Wildman–Crippen LogP) is 2.47. The van der Waals surface area contributed by atoms with Crippen molar-refractivity contribution in [3.8, 4) is 5.75 Å². The molecular weight excluding hydrogens is 402 g/mol. The van der Waals surface area contributed by atoms with Crippen molar-refractivity contribution in [1.82, 2.24) is 4.31 Å². The van der Waals surface area contributed by atoms with E-state index in [1.54, 1.807) is 0 Å². The summed E-state index contributed by atoms with van der Waals surface area (Å²) >= 11 is 0. The summed E-state index contributed by atoms with van der Waals surface area (Å²) in [5, 5.41) is 0. The first kappa shape index (κ1) is 20.7. The van der Waals surface area contributed by atoms with Crippen LogP contribution in [0.3, 0.4) is 0 Å². The van der Waals surface area contributed by atoms with Crippen LogP contribution in [0.15, 0.2) is 48.5 Å². The van der Waals surface area contributed by atoms with E-state index in [1.807, 2.05) is 53.4 Å². The van der Waals surface area contributed by atoms with Gasteiger partial charge in [0.05, 0.1) is 6.26 Å². The summed E-state index contributed by atoms with van der Waals surface area (Å²) in [6, 6.07) is 15.7. The molecule has 0 radical (unpaired) electrons. The fourth-order valence-electron chi connectivity index (χ4n) is 4.02. The summed E-state index contributed by atoms with van der Waals surface area (Å²) in [5.74, 6) is 0.937. The number of benzene rings is 2. The Morgan fingerprint density at radius 3 is 2.33 bits per heavy atom. The third-order valence-corrected chi connectivity index (χ3v) is 6.94. The Labute approximate surface area is 177 Å². The number of hydrogen-bond donors (Lipinski definition) is 0. The number of piperazine rings is 1. The van der Waals surface area contributed by atoms with Gasteiger partial charge in [0.15, 0.2) is 0 Å². The summed E-state index contributed by atoms with van der Waals surface area (Å²) in [6.07, 6.45) is 2.72. The molecule has 4 rings (SSSR count). The number of nitrogens with zero attached hydrogens (tertiary/aromatic N) is 3. The van der Waals surface area contributed by atoms with E-state index in [9.17, 15) is 13.2 Å². The molecular formula is C22H27N3O4S. The zero-order chi connectivity index (χ0) is 21.1. The molecule has 0 N–H and O–H groups in total. The molecule has 0 aliphatic carbocycles. The van der Waals surface area contributed by atoms with Gasteiger partial charge in [-0.25, -0.2) is 8.42 Å². The van der Waals surface area contributed by atoms with Gasteiger partial charge < -0.3 is 14.5 Å². The van der Waals surface area contributed by atoms with E-state index >= 15 is 0 Å². The average molecular weight is 430 g/mol. The molecule has 7 nitrogen and oxygen atoms in total. The Hall–Kier alpha value is -2.58. The molecule has 2 aromatic rings. The molecule has 0 saturated carbocycles. The number of carbonyl (C=O) groups excluding carboxylic acids is 1. The van der Waals surface area contributed by atoms with Crippen LogP contribution in [0.25, 0.3) is 0 Å². The highest BCUT2D eigenvalue weighted by atomic mass is 32.2. The van der Waals surface area contributed by atoms with Gasteiger partial charge in [-0.05, 0) is 36.8 Å². The first-order chi connectivity index (χ1) is 14.4. The number of para-hydroxylation sites is 1. The van der Waals surface area contributed by atoms with E-state index < -0.39 is 10.0 Å². The lowest BCUT2D eigenvalue weighted by Gasteiger charge is -2.36. The van der Waals surface area contributed by atoms with Gasteiger partial charge in [-0.1, -0.05) is 18.2 Å². The predicted molar refractivity (Wildman–Crippen MR) is 117 cm³/mol. The highest BCUT2D eigenvalue weighted by Gasteiger charge is 2.26. The largest absolute Gasteiger partial charge is 0.489 e. The number of hydrogen-bond acceptors (Lipinski definition) is 5. The zero-order valence-corrected chi connectivity index (χ0v) is 18.0. The summed E-state index contributed by atoms with van der Waals surface area (Å²) in [4.78, 5) is 16.2. The molecule has 2 aliphatic rings. The number of carbonyl (C=O) groups is 1. The van der Waals surface area contributed by atoms with E-state index in [4.69, 9.17) is 4.74 Å². The Kier molecular flexibility index (Phi) is 5.97. The van der Waals surface area contributed by atoms with Crippen molar-refractivity contribution in [2.24, 2.45) is 0 Å². The number of anilines is 2. The van der Waals surface area contributed by atoms with Crippen LogP contribution >= 0.6 is 0 Å². The molecule has 2 aliphatic heterocycles. The van der Waals surface area contributed by atoms with Gasteiger partial charge in [0, 0.05) is 56.1 Å². The van der Waals surface area contributed by atoms with Gasteiger partial charge in [-0.2, -0.15) is 4.31 Å². The molecule has 2 saturated heterocycles. The molecule has 2 aromatic carbocycles. The van der Waals surface area contributed by atoms with Crippen molar-refractivity contribution < 1.29 is 17.9 Å². The number of amides is 1. The van der Waals surface area contributed by atoms with E-state index in [1.165, 1.54) is 10.6 Å². The van der Waals surface area contributed by atoms with Crippen molar-refractivity contribution in [1.29, 1.82) is 0 Å². The van der Waals surface area contributed by atoms with Crippen molar-refractivity contribution in [3.63, 3.8) is 0 Å². The van der Waals surface area contributed by atoms with Gasteiger partial charge in [0.2, 0.25) is 15.9 Å². The quantitative estimate of drug-likeness (QED) is 0.706. The standard InChI is InChI=1S/C22H27N3O4S/c1-30(27,28)24-14-12-23(13-15-24)21-10-9-19(25-11-5-8-22(25)26)16-18(21)17-29-20-6-3-2-4-7-20/h2-4,6-7,9-10,16H,5,8,11-15,17H2,1H3. The monoisotopic (exact) mass is 429 g/mol. The minimum Gasteiger partial charge on any atom is -0.489 e. The third-order valence-electron chi connectivity index (χ3n) is 5.63. The van der Waals surface area contributed by atoms with Crippen molar-refractivity contribution in [2.75, 3.05) is 48.8 Å². The SMILES string of the molecule is CS(=O)(=O)N1CCN(c2ccc(N3CCCC3=O)cc2COc2ccccc2)CC1. The van der Waals surface area contributed by atoms with E-state index in [0.717, 1.165) is 35.7 Å². The highest BCUT2D eigenvalue weighted by Crippen LogP contribution is 2.30. The Bertz CT molecular complexity index is 1000. The van der Waals surface area contributed by atoms with Crippen LogP contribution in [0.1, 0.15) is 18.4 Å².